The first-order valence-electron chi connectivity index (χ1n) is 6.60. The zero-order valence-corrected chi connectivity index (χ0v) is 10.3. The van der Waals surface area contributed by atoms with E-state index in [-0.39, 0.29) is 5.56 Å². The molecule has 0 radical (unpaired) electrons. The lowest BCUT2D eigenvalue weighted by Gasteiger charge is -2.21. The molecule has 1 aromatic heterocycles. The van der Waals surface area contributed by atoms with Crippen molar-refractivity contribution in [3.05, 3.63) is 34.2 Å². The average molecular weight is 235 g/mol. The number of nitrogens with one attached hydrogen (secondary N) is 1. The minimum absolute atomic E-state index is 0.00642. The Morgan fingerprint density at radius 2 is 2.12 bits per heavy atom. The second-order valence-corrected chi connectivity index (χ2v) is 4.86. The van der Waals surface area contributed by atoms with Gasteiger partial charge in [-0.2, -0.15) is 0 Å². The summed E-state index contributed by atoms with van der Waals surface area (Å²) in [5.74, 6) is 0.864. The molecule has 1 saturated heterocycles. The zero-order valence-electron chi connectivity index (χ0n) is 10.3. The fourth-order valence-corrected chi connectivity index (χ4v) is 2.44. The zero-order chi connectivity index (χ0) is 11.9. The summed E-state index contributed by atoms with van der Waals surface area (Å²) in [6.07, 6.45) is 8.96. The van der Waals surface area contributed by atoms with E-state index >= 15 is 0 Å². The predicted molar refractivity (Wildman–Crippen MR) is 68.2 cm³/mol. The van der Waals surface area contributed by atoms with Gasteiger partial charge in [-0.3, -0.25) is 4.79 Å². The summed E-state index contributed by atoms with van der Waals surface area (Å²) in [5.41, 5.74) is 1.16. The summed E-state index contributed by atoms with van der Waals surface area (Å²) in [6, 6.07) is 3.70. The van der Waals surface area contributed by atoms with Gasteiger partial charge in [-0.05, 0) is 43.2 Å². The van der Waals surface area contributed by atoms with E-state index in [0.29, 0.717) is 0 Å². The first kappa shape index (κ1) is 12.4. The van der Waals surface area contributed by atoms with Crippen LogP contribution in [-0.2, 0) is 11.2 Å². The number of aromatic amines is 1. The van der Waals surface area contributed by atoms with Gasteiger partial charge in [0, 0.05) is 25.5 Å². The van der Waals surface area contributed by atoms with E-state index in [1.54, 1.807) is 12.3 Å². The maximum Gasteiger partial charge on any atom is 0.248 e. The summed E-state index contributed by atoms with van der Waals surface area (Å²) >= 11 is 0. The lowest BCUT2D eigenvalue weighted by atomic mass is 9.93. The highest BCUT2D eigenvalue weighted by molar-refractivity contribution is 5.09. The Bertz CT molecular complexity index is 380. The molecule has 0 spiro atoms. The molecule has 17 heavy (non-hydrogen) atoms. The molecule has 0 aliphatic carbocycles. The summed E-state index contributed by atoms with van der Waals surface area (Å²) in [6.45, 7) is 1.89. The number of aryl methyl sites for hydroxylation is 1. The Hall–Kier alpha value is -1.09. The third-order valence-corrected chi connectivity index (χ3v) is 3.51. The Kier molecular flexibility index (Phi) is 4.80. The molecular weight excluding hydrogens is 214 g/mol. The Morgan fingerprint density at radius 3 is 2.88 bits per heavy atom. The first-order valence-corrected chi connectivity index (χ1v) is 6.60. The van der Waals surface area contributed by atoms with Gasteiger partial charge in [-0.1, -0.05) is 12.8 Å². The van der Waals surface area contributed by atoms with Crippen molar-refractivity contribution in [3.8, 4) is 0 Å². The lowest BCUT2D eigenvalue weighted by Crippen LogP contribution is -2.15. The molecule has 0 atom stereocenters. The molecular formula is C14H21NO2. The van der Waals surface area contributed by atoms with Crippen LogP contribution >= 0.6 is 0 Å². The quantitative estimate of drug-likeness (QED) is 0.797. The number of hydrogen-bond donors (Lipinski definition) is 1. The van der Waals surface area contributed by atoms with Crippen LogP contribution in [0, 0.1) is 5.92 Å². The van der Waals surface area contributed by atoms with Crippen LogP contribution in [0.15, 0.2) is 23.1 Å². The minimum Gasteiger partial charge on any atom is -0.381 e. The van der Waals surface area contributed by atoms with Crippen LogP contribution in [0.4, 0.5) is 0 Å². The van der Waals surface area contributed by atoms with Gasteiger partial charge in [0.25, 0.3) is 0 Å². The molecule has 0 saturated carbocycles. The third kappa shape index (κ3) is 4.35. The molecule has 0 amide bonds. The Morgan fingerprint density at radius 1 is 1.29 bits per heavy atom. The van der Waals surface area contributed by atoms with Gasteiger partial charge in [-0.25, -0.2) is 0 Å². The number of pyridine rings is 1. The van der Waals surface area contributed by atoms with E-state index in [1.807, 2.05) is 6.07 Å². The van der Waals surface area contributed by atoms with Crippen LogP contribution in [0.3, 0.4) is 0 Å². The van der Waals surface area contributed by atoms with Gasteiger partial charge in [0.1, 0.15) is 0 Å². The number of unbranched alkanes of at least 4 members (excludes halogenated alkanes) is 1. The van der Waals surface area contributed by atoms with E-state index in [4.69, 9.17) is 4.74 Å². The maximum atomic E-state index is 11.1. The number of H-pyrrole nitrogens is 1. The summed E-state index contributed by atoms with van der Waals surface area (Å²) in [7, 11) is 0. The van der Waals surface area contributed by atoms with Crippen molar-refractivity contribution in [2.45, 2.75) is 38.5 Å². The standard InChI is InChI=1S/C14H21NO2/c16-14-11-13(5-8-15-14)4-2-1-3-12-6-9-17-10-7-12/h5,8,11-12H,1-4,6-7,9-10H2,(H,15,16). The normalized spacial score (nSPS) is 17.2. The largest absolute Gasteiger partial charge is 0.381 e. The molecule has 94 valence electrons. The molecule has 1 N–H and O–H groups in total. The molecule has 0 unspecified atom stereocenters. The van der Waals surface area contributed by atoms with Crippen molar-refractivity contribution in [2.24, 2.45) is 5.92 Å². The topological polar surface area (TPSA) is 42.1 Å². The van der Waals surface area contributed by atoms with Crippen molar-refractivity contribution >= 4 is 0 Å². The molecule has 2 heterocycles. The van der Waals surface area contributed by atoms with Crippen LogP contribution < -0.4 is 5.56 Å². The maximum absolute atomic E-state index is 11.1. The number of aromatic nitrogens is 1. The SMILES string of the molecule is O=c1cc(CCCCC2CCOCC2)cc[nH]1. The van der Waals surface area contributed by atoms with Gasteiger partial charge in [0.05, 0.1) is 0 Å². The second kappa shape index (κ2) is 6.60. The van der Waals surface area contributed by atoms with Crippen molar-refractivity contribution in [3.63, 3.8) is 0 Å². The molecule has 0 aromatic carbocycles. The highest BCUT2D eigenvalue weighted by atomic mass is 16.5. The molecule has 3 nitrogen and oxygen atoms in total. The smallest absolute Gasteiger partial charge is 0.248 e. The lowest BCUT2D eigenvalue weighted by molar-refractivity contribution is 0.0632. The predicted octanol–water partition coefficient (Wildman–Crippen LogP) is 2.51. The van der Waals surface area contributed by atoms with Crippen molar-refractivity contribution in [1.29, 1.82) is 0 Å². The van der Waals surface area contributed by atoms with Crippen LogP contribution in [0.2, 0.25) is 0 Å². The molecule has 3 heteroatoms. The summed E-state index contributed by atoms with van der Waals surface area (Å²) in [5, 5.41) is 0. The minimum atomic E-state index is 0.00642. The van der Waals surface area contributed by atoms with Crippen LogP contribution in [0.1, 0.15) is 37.7 Å². The van der Waals surface area contributed by atoms with Gasteiger partial charge in [0.2, 0.25) is 5.56 Å². The fraction of sp³-hybridized carbons (Fsp3) is 0.643. The average Bonchev–Trinajstić information content (AvgIpc) is 2.36. The van der Waals surface area contributed by atoms with E-state index in [2.05, 4.69) is 4.98 Å². The Balaban J connectivity index is 1.64. The number of hydrogen-bond acceptors (Lipinski definition) is 2. The van der Waals surface area contributed by atoms with Crippen LogP contribution in [-0.4, -0.2) is 18.2 Å². The summed E-state index contributed by atoms with van der Waals surface area (Å²) < 4.78 is 5.35. The van der Waals surface area contributed by atoms with E-state index in [9.17, 15) is 4.79 Å². The molecule has 1 aliphatic heterocycles. The van der Waals surface area contributed by atoms with Crippen LogP contribution in [0.25, 0.3) is 0 Å². The highest BCUT2D eigenvalue weighted by Crippen LogP contribution is 2.21. The van der Waals surface area contributed by atoms with Crippen LogP contribution in [0.5, 0.6) is 0 Å². The van der Waals surface area contributed by atoms with Gasteiger partial charge < -0.3 is 9.72 Å². The fourth-order valence-electron chi connectivity index (χ4n) is 2.44. The highest BCUT2D eigenvalue weighted by Gasteiger charge is 2.12. The molecule has 0 bridgehead atoms. The third-order valence-electron chi connectivity index (χ3n) is 3.51. The number of rotatable bonds is 5. The first-order chi connectivity index (χ1) is 8.34. The van der Waals surface area contributed by atoms with Crippen molar-refractivity contribution in [2.75, 3.05) is 13.2 Å². The summed E-state index contributed by atoms with van der Waals surface area (Å²) in [4.78, 5) is 13.7. The monoisotopic (exact) mass is 235 g/mol. The second-order valence-electron chi connectivity index (χ2n) is 4.86. The van der Waals surface area contributed by atoms with Crippen molar-refractivity contribution < 1.29 is 4.74 Å². The number of ether oxygens (including phenoxy) is 1. The molecule has 1 fully saturated rings. The Labute approximate surface area is 102 Å². The van der Waals surface area contributed by atoms with E-state index in [0.717, 1.165) is 31.1 Å². The van der Waals surface area contributed by atoms with Gasteiger partial charge in [0.15, 0.2) is 0 Å². The van der Waals surface area contributed by atoms with E-state index in [1.165, 1.54) is 32.1 Å². The van der Waals surface area contributed by atoms with Gasteiger partial charge in [-0.15, -0.1) is 0 Å². The van der Waals surface area contributed by atoms with Gasteiger partial charge >= 0.3 is 0 Å². The molecule has 2 rings (SSSR count). The molecule has 1 aliphatic rings. The van der Waals surface area contributed by atoms with E-state index < -0.39 is 0 Å². The molecule has 1 aromatic rings. The van der Waals surface area contributed by atoms with Crippen molar-refractivity contribution in [1.82, 2.24) is 4.98 Å².